The van der Waals surface area contributed by atoms with Gasteiger partial charge < -0.3 is 14.9 Å². The van der Waals surface area contributed by atoms with Gasteiger partial charge in [-0.1, -0.05) is 71.1 Å². The molecule has 0 bridgehead atoms. The molecule has 126 valence electrons. The van der Waals surface area contributed by atoms with Crippen molar-refractivity contribution in [1.82, 2.24) is 0 Å². The number of rotatable bonds is 14. The molecule has 0 aromatic carbocycles. The van der Waals surface area contributed by atoms with Crippen molar-refractivity contribution in [3.8, 4) is 0 Å². The molecule has 6 heteroatoms. The summed E-state index contributed by atoms with van der Waals surface area (Å²) in [4.78, 5) is 28.6. The van der Waals surface area contributed by atoms with Crippen molar-refractivity contribution in [3.05, 3.63) is 0 Å². The number of carbonyl (C=O) groups is 1. The minimum atomic E-state index is -4.24. The minimum Gasteiger partial charge on any atom is -0.481 e. The smallest absolute Gasteiger partial charge is 0.326 e. The number of aliphatic carboxylic acids is 1. The largest absolute Gasteiger partial charge is 0.481 e. The van der Waals surface area contributed by atoms with Gasteiger partial charge in [-0.25, -0.2) is 0 Å². The van der Waals surface area contributed by atoms with Crippen LogP contribution in [-0.4, -0.2) is 27.0 Å². The first kappa shape index (κ1) is 20.6. The molecular formula is C15H31O5P. The van der Waals surface area contributed by atoms with Gasteiger partial charge in [0.05, 0.1) is 12.1 Å². The van der Waals surface area contributed by atoms with Gasteiger partial charge >= 0.3 is 13.6 Å². The van der Waals surface area contributed by atoms with Crippen LogP contribution >= 0.6 is 7.60 Å². The van der Waals surface area contributed by atoms with Crippen LogP contribution in [0, 0.1) is 5.92 Å². The highest BCUT2D eigenvalue weighted by atomic mass is 31.2. The average Bonchev–Trinajstić information content (AvgIpc) is 2.38. The highest BCUT2D eigenvalue weighted by Crippen LogP contribution is 2.38. The van der Waals surface area contributed by atoms with E-state index in [9.17, 15) is 9.36 Å². The first-order chi connectivity index (χ1) is 9.87. The Kier molecular flexibility index (Phi) is 12.0. The SMILES string of the molecule is CCCCCCCCCCCCC(CP(=O)(O)O)C(=O)O. The standard InChI is InChI=1S/C15H31O5P/c1-2-3-4-5-6-7-8-9-10-11-12-14(15(16)17)13-21(18,19)20/h14H,2-13H2,1H3,(H,16,17)(H2,18,19,20). The second kappa shape index (κ2) is 12.2. The molecule has 0 spiro atoms. The molecule has 5 nitrogen and oxygen atoms in total. The van der Waals surface area contributed by atoms with Gasteiger partial charge in [0, 0.05) is 0 Å². The Bertz CT molecular complexity index is 313. The number of carboxylic acid groups (broad SMARTS) is 1. The Hall–Kier alpha value is -0.380. The highest BCUT2D eigenvalue weighted by Gasteiger charge is 2.26. The lowest BCUT2D eigenvalue weighted by Gasteiger charge is -2.12. The predicted octanol–water partition coefficient (Wildman–Crippen LogP) is 4.18. The van der Waals surface area contributed by atoms with Crippen LogP contribution in [-0.2, 0) is 9.36 Å². The fourth-order valence-corrected chi connectivity index (χ4v) is 3.37. The van der Waals surface area contributed by atoms with Crippen LogP contribution in [0.2, 0.25) is 0 Å². The summed E-state index contributed by atoms with van der Waals surface area (Å²) < 4.78 is 10.9. The maximum Gasteiger partial charge on any atom is 0.326 e. The molecule has 0 radical (unpaired) electrons. The quantitative estimate of drug-likeness (QED) is 0.329. The summed E-state index contributed by atoms with van der Waals surface area (Å²) in [6, 6.07) is 0. The van der Waals surface area contributed by atoms with Gasteiger partial charge in [0.1, 0.15) is 0 Å². The van der Waals surface area contributed by atoms with Crippen LogP contribution in [0.4, 0.5) is 0 Å². The summed E-state index contributed by atoms with van der Waals surface area (Å²) in [7, 11) is -4.24. The molecule has 0 aromatic heterocycles. The summed E-state index contributed by atoms with van der Waals surface area (Å²) in [5.74, 6) is -2.02. The first-order valence-electron chi connectivity index (χ1n) is 8.14. The van der Waals surface area contributed by atoms with Crippen molar-refractivity contribution in [2.45, 2.75) is 77.6 Å². The maximum absolute atomic E-state index is 10.9. The van der Waals surface area contributed by atoms with Crippen molar-refractivity contribution >= 4 is 13.6 Å². The van der Waals surface area contributed by atoms with E-state index in [2.05, 4.69) is 6.92 Å². The van der Waals surface area contributed by atoms with Crippen LogP contribution in [0.5, 0.6) is 0 Å². The van der Waals surface area contributed by atoms with Gasteiger partial charge in [0.2, 0.25) is 0 Å². The lowest BCUT2D eigenvalue weighted by Crippen LogP contribution is -2.18. The Morgan fingerprint density at radius 1 is 0.905 bits per heavy atom. The van der Waals surface area contributed by atoms with Crippen molar-refractivity contribution in [2.24, 2.45) is 5.92 Å². The summed E-state index contributed by atoms with van der Waals surface area (Å²) in [5.41, 5.74) is 0. The third-order valence-corrected chi connectivity index (χ3v) is 4.63. The van der Waals surface area contributed by atoms with Gasteiger partial charge in [0.15, 0.2) is 0 Å². The molecule has 1 atom stereocenters. The molecule has 0 fully saturated rings. The van der Waals surface area contributed by atoms with E-state index in [1.807, 2.05) is 0 Å². The molecule has 21 heavy (non-hydrogen) atoms. The summed E-state index contributed by atoms with van der Waals surface area (Å²) >= 11 is 0. The van der Waals surface area contributed by atoms with Crippen molar-refractivity contribution in [1.29, 1.82) is 0 Å². The molecule has 0 rings (SSSR count). The van der Waals surface area contributed by atoms with E-state index < -0.39 is 25.6 Å². The molecule has 0 aliphatic rings. The molecule has 0 saturated heterocycles. The Morgan fingerprint density at radius 2 is 1.33 bits per heavy atom. The second-order valence-corrected chi connectivity index (χ2v) is 7.55. The van der Waals surface area contributed by atoms with Crippen molar-refractivity contribution in [2.75, 3.05) is 6.16 Å². The summed E-state index contributed by atoms with van der Waals surface area (Å²) in [5, 5.41) is 8.94. The fourth-order valence-electron chi connectivity index (χ4n) is 2.46. The van der Waals surface area contributed by atoms with Crippen LogP contribution in [0.3, 0.4) is 0 Å². The molecule has 0 aliphatic heterocycles. The third kappa shape index (κ3) is 14.3. The molecule has 0 heterocycles. The molecule has 0 aliphatic carbocycles. The highest BCUT2D eigenvalue weighted by molar-refractivity contribution is 7.51. The van der Waals surface area contributed by atoms with E-state index in [4.69, 9.17) is 14.9 Å². The lowest BCUT2D eigenvalue weighted by molar-refractivity contribution is -0.141. The Labute approximate surface area is 128 Å². The van der Waals surface area contributed by atoms with E-state index in [1.54, 1.807) is 0 Å². The van der Waals surface area contributed by atoms with Crippen LogP contribution < -0.4 is 0 Å². The monoisotopic (exact) mass is 322 g/mol. The third-order valence-electron chi connectivity index (χ3n) is 3.71. The second-order valence-electron chi connectivity index (χ2n) is 5.85. The summed E-state index contributed by atoms with van der Waals surface area (Å²) in [6.07, 6.45) is 11.4. The normalized spacial score (nSPS) is 13.3. The van der Waals surface area contributed by atoms with Crippen molar-refractivity contribution in [3.63, 3.8) is 0 Å². The van der Waals surface area contributed by atoms with Gasteiger partial charge in [-0.05, 0) is 6.42 Å². The van der Waals surface area contributed by atoms with E-state index in [0.29, 0.717) is 6.42 Å². The number of carboxylic acids is 1. The molecule has 1 unspecified atom stereocenters. The number of unbranched alkanes of at least 4 members (excludes halogenated alkanes) is 9. The fraction of sp³-hybridized carbons (Fsp3) is 0.933. The zero-order chi connectivity index (χ0) is 16.1. The predicted molar refractivity (Wildman–Crippen MR) is 84.5 cm³/mol. The maximum atomic E-state index is 10.9. The van der Waals surface area contributed by atoms with Gasteiger partial charge in [-0.15, -0.1) is 0 Å². The molecule has 3 N–H and O–H groups in total. The Balaban J connectivity index is 3.55. The number of hydrogen-bond acceptors (Lipinski definition) is 2. The zero-order valence-electron chi connectivity index (χ0n) is 13.2. The average molecular weight is 322 g/mol. The summed E-state index contributed by atoms with van der Waals surface area (Å²) in [6.45, 7) is 2.21. The minimum absolute atomic E-state index is 0.358. The Morgan fingerprint density at radius 3 is 1.71 bits per heavy atom. The van der Waals surface area contributed by atoms with E-state index >= 15 is 0 Å². The van der Waals surface area contributed by atoms with E-state index in [0.717, 1.165) is 19.3 Å². The van der Waals surface area contributed by atoms with Gasteiger partial charge in [-0.2, -0.15) is 0 Å². The van der Waals surface area contributed by atoms with Crippen molar-refractivity contribution < 1.29 is 24.3 Å². The number of hydrogen-bond donors (Lipinski definition) is 3. The van der Waals surface area contributed by atoms with E-state index in [-0.39, 0.29) is 0 Å². The van der Waals surface area contributed by atoms with Crippen LogP contribution in [0.1, 0.15) is 77.6 Å². The van der Waals surface area contributed by atoms with E-state index in [1.165, 1.54) is 44.9 Å². The van der Waals surface area contributed by atoms with Gasteiger partial charge in [0.25, 0.3) is 0 Å². The van der Waals surface area contributed by atoms with Gasteiger partial charge in [-0.3, -0.25) is 9.36 Å². The van der Waals surface area contributed by atoms with Crippen LogP contribution in [0.25, 0.3) is 0 Å². The zero-order valence-corrected chi connectivity index (χ0v) is 14.1. The molecule has 0 aromatic rings. The molecular weight excluding hydrogens is 291 g/mol. The lowest BCUT2D eigenvalue weighted by atomic mass is 10.0. The topological polar surface area (TPSA) is 94.8 Å². The van der Waals surface area contributed by atoms with Crippen LogP contribution in [0.15, 0.2) is 0 Å². The molecule has 0 amide bonds. The molecule has 0 saturated carbocycles. The first-order valence-corrected chi connectivity index (χ1v) is 9.94.